The minimum Gasteiger partial charge on any atom is -0.389 e. The summed E-state index contributed by atoms with van der Waals surface area (Å²) in [5.41, 5.74) is -0.254. The summed E-state index contributed by atoms with van der Waals surface area (Å²) in [5, 5.41) is 9.59. The minimum atomic E-state index is -1.24. The molecule has 0 amide bonds. The maximum atomic E-state index is 14.9. The standard InChI is InChI=1S/C30H28F6O2/c1-15(37)19-10-11-20(27(33)26(19)32)17-5-2-16(3-6-17)4-7-18-8-9-21(28(34)25(18)31)22-12-13-23(24-14-38-24)30(36)29(22)35/h8-13,15-17,24,37H,2-7,14H2,1H3. The summed E-state index contributed by atoms with van der Waals surface area (Å²) >= 11 is 0. The third kappa shape index (κ3) is 5.08. The highest BCUT2D eigenvalue weighted by molar-refractivity contribution is 5.66. The average Bonchev–Trinajstić information content (AvgIpc) is 3.74. The summed E-state index contributed by atoms with van der Waals surface area (Å²) in [4.78, 5) is 0. The summed E-state index contributed by atoms with van der Waals surface area (Å²) in [6.45, 7) is 1.67. The molecular formula is C30H28F6O2. The van der Waals surface area contributed by atoms with Crippen LogP contribution in [0.3, 0.4) is 0 Å². The van der Waals surface area contributed by atoms with Gasteiger partial charge in [-0.15, -0.1) is 0 Å². The van der Waals surface area contributed by atoms with Crippen molar-refractivity contribution in [2.24, 2.45) is 5.92 Å². The summed E-state index contributed by atoms with van der Waals surface area (Å²) in [6, 6.07) is 8.18. The molecule has 1 aliphatic carbocycles. The Bertz CT molecular complexity index is 1340. The highest BCUT2D eigenvalue weighted by atomic mass is 19.2. The molecule has 3 aromatic rings. The molecule has 2 nitrogen and oxygen atoms in total. The number of benzene rings is 3. The predicted octanol–water partition coefficient (Wildman–Crippen LogP) is 8.22. The van der Waals surface area contributed by atoms with Crippen molar-refractivity contribution in [3.63, 3.8) is 0 Å². The van der Waals surface area contributed by atoms with Gasteiger partial charge in [0.1, 0.15) is 6.10 Å². The van der Waals surface area contributed by atoms with E-state index in [1.165, 1.54) is 43.3 Å². The van der Waals surface area contributed by atoms with E-state index in [4.69, 9.17) is 4.74 Å². The molecular weight excluding hydrogens is 506 g/mol. The molecule has 0 aromatic heterocycles. The number of aryl methyl sites for hydroxylation is 1. The monoisotopic (exact) mass is 534 g/mol. The van der Waals surface area contributed by atoms with E-state index >= 15 is 0 Å². The Morgan fingerprint density at radius 1 is 0.737 bits per heavy atom. The first-order valence-corrected chi connectivity index (χ1v) is 12.9. The van der Waals surface area contributed by atoms with Crippen molar-refractivity contribution in [1.29, 1.82) is 0 Å². The van der Waals surface area contributed by atoms with E-state index in [0.29, 0.717) is 31.4 Å². The Balaban J connectivity index is 1.22. The van der Waals surface area contributed by atoms with Crippen LogP contribution in [0.25, 0.3) is 11.1 Å². The number of ether oxygens (including phenoxy) is 1. The van der Waals surface area contributed by atoms with Gasteiger partial charge in [0.25, 0.3) is 0 Å². The topological polar surface area (TPSA) is 32.8 Å². The molecule has 2 fully saturated rings. The molecule has 1 saturated carbocycles. The van der Waals surface area contributed by atoms with Gasteiger partial charge < -0.3 is 9.84 Å². The lowest BCUT2D eigenvalue weighted by molar-refractivity contribution is 0.192. The molecule has 3 aromatic carbocycles. The van der Waals surface area contributed by atoms with Gasteiger partial charge in [0, 0.05) is 22.3 Å². The van der Waals surface area contributed by atoms with Crippen LogP contribution in [0, 0.1) is 40.8 Å². The second-order valence-corrected chi connectivity index (χ2v) is 10.4. The highest BCUT2D eigenvalue weighted by Gasteiger charge is 2.31. The molecule has 0 spiro atoms. The third-order valence-corrected chi connectivity index (χ3v) is 7.95. The van der Waals surface area contributed by atoms with Crippen molar-refractivity contribution < 1.29 is 36.2 Å². The van der Waals surface area contributed by atoms with Gasteiger partial charge in [0.15, 0.2) is 34.9 Å². The van der Waals surface area contributed by atoms with Gasteiger partial charge in [-0.25, -0.2) is 26.3 Å². The highest BCUT2D eigenvalue weighted by Crippen LogP contribution is 2.40. The number of rotatable bonds is 7. The molecule has 0 bridgehead atoms. The zero-order chi connectivity index (χ0) is 27.1. The lowest BCUT2D eigenvalue weighted by atomic mass is 9.76. The molecule has 5 rings (SSSR count). The minimum absolute atomic E-state index is 0.0584. The molecule has 2 unspecified atom stereocenters. The van der Waals surface area contributed by atoms with E-state index in [0.717, 1.165) is 12.8 Å². The lowest BCUT2D eigenvalue weighted by Gasteiger charge is -2.29. The Hall–Kier alpha value is -2.84. The Morgan fingerprint density at radius 3 is 1.95 bits per heavy atom. The maximum absolute atomic E-state index is 14.9. The number of halogens is 6. The first-order valence-electron chi connectivity index (χ1n) is 12.9. The Morgan fingerprint density at radius 2 is 1.32 bits per heavy atom. The van der Waals surface area contributed by atoms with Crippen molar-refractivity contribution in [3.8, 4) is 11.1 Å². The van der Waals surface area contributed by atoms with Crippen LogP contribution in [0.15, 0.2) is 36.4 Å². The third-order valence-electron chi connectivity index (χ3n) is 7.95. The lowest BCUT2D eigenvalue weighted by Crippen LogP contribution is -2.16. The van der Waals surface area contributed by atoms with Crippen LogP contribution in [0.4, 0.5) is 26.3 Å². The van der Waals surface area contributed by atoms with Crippen molar-refractivity contribution >= 4 is 0 Å². The fourth-order valence-electron chi connectivity index (χ4n) is 5.58. The van der Waals surface area contributed by atoms with E-state index in [1.54, 1.807) is 0 Å². The first-order chi connectivity index (χ1) is 18.2. The van der Waals surface area contributed by atoms with Crippen LogP contribution >= 0.6 is 0 Å². The van der Waals surface area contributed by atoms with Gasteiger partial charge in [0.2, 0.25) is 0 Å². The molecule has 2 atom stereocenters. The zero-order valence-electron chi connectivity index (χ0n) is 20.8. The van der Waals surface area contributed by atoms with Gasteiger partial charge in [-0.2, -0.15) is 0 Å². The maximum Gasteiger partial charge on any atom is 0.167 e. The number of hydrogen-bond acceptors (Lipinski definition) is 2. The van der Waals surface area contributed by atoms with Crippen molar-refractivity contribution in [1.82, 2.24) is 0 Å². The van der Waals surface area contributed by atoms with Crippen molar-refractivity contribution in [3.05, 3.63) is 93.6 Å². The second-order valence-electron chi connectivity index (χ2n) is 10.4. The van der Waals surface area contributed by atoms with E-state index in [2.05, 4.69) is 0 Å². The number of aliphatic hydroxyl groups is 1. The van der Waals surface area contributed by atoms with Crippen LogP contribution in [0.5, 0.6) is 0 Å². The molecule has 1 heterocycles. The molecule has 1 aliphatic heterocycles. The first kappa shape index (κ1) is 26.8. The van der Waals surface area contributed by atoms with Crippen molar-refractivity contribution in [2.75, 3.05) is 6.61 Å². The van der Waals surface area contributed by atoms with Gasteiger partial charge in [-0.1, -0.05) is 36.4 Å². The average molecular weight is 535 g/mol. The predicted molar refractivity (Wildman–Crippen MR) is 130 cm³/mol. The van der Waals surface area contributed by atoms with Crippen molar-refractivity contribution in [2.45, 2.75) is 63.6 Å². The fourth-order valence-corrected chi connectivity index (χ4v) is 5.58. The van der Waals surface area contributed by atoms with Gasteiger partial charge in [-0.3, -0.25) is 0 Å². The zero-order valence-corrected chi connectivity index (χ0v) is 20.8. The molecule has 2 aliphatic rings. The number of hydrogen-bond donors (Lipinski definition) is 1. The van der Waals surface area contributed by atoms with Gasteiger partial charge in [-0.05, 0) is 68.4 Å². The van der Waals surface area contributed by atoms with Crippen LogP contribution in [0.2, 0.25) is 0 Å². The molecule has 8 heteroatoms. The van der Waals surface area contributed by atoms with Crippen LogP contribution < -0.4 is 0 Å². The van der Waals surface area contributed by atoms with Crippen LogP contribution in [-0.2, 0) is 11.2 Å². The largest absolute Gasteiger partial charge is 0.389 e. The summed E-state index contributed by atoms with van der Waals surface area (Å²) < 4.78 is 92.7. The van der Waals surface area contributed by atoms with E-state index in [1.807, 2.05) is 0 Å². The fraction of sp³-hybridized carbons (Fsp3) is 0.400. The number of epoxide rings is 1. The summed E-state index contributed by atoms with van der Waals surface area (Å²) in [5.74, 6) is -6.54. The van der Waals surface area contributed by atoms with E-state index in [-0.39, 0.29) is 46.1 Å². The smallest absolute Gasteiger partial charge is 0.167 e. The SMILES string of the molecule is CC(O)c1ccc(C2CCC(CCc3ccc(-c4ccc(C5CO5)c(F)c4F)c(F)c3F)CC2)c(F)c1F. The van der Waals surface area contributed by atoms with Gasteiger partial charge >= 0.3 is 0 Å². The Kier molecular flexibility index (Phi) is 7.56. The number of aliphatic hydroxyl groups excluding tert-OH is 1. The normalized spacial score (nSPS) is 21.9. The summed E-state index contributed by atoms with van der Waals surface area (Å²) in [6.07, 6.45) is 1.97. The molecule has 1 saturated heterocycles. The van der Waals surface area contributed by atoms with E-state index < -0.39 is 47.1 Å². The Labute approximate surface area is 217 Å². The second kappa shape index (κ2) is 10.7. The van der Waals surface area contributed by atoms with E-state index in [9.17, 15) is 31.4 Å². The molecule has 202 valence electrons. The quantitative estimate of drug-likeness (QED) is 0.245. The van der Waals surface area contributed by atoms with Crippen LogP contribution in [0.1, 0.15) is 79.4 Å². The summed E-state index contributed by atoms with van der Waals surface area (Å²) in [7, 11) is 0. The van der Waals surface area contributed by atoms with Crippen LogP contribution in [-0.4, -0.2) is 11.7 Å². The molecule has 1 N–H and O–H groups in total. The molecule has 0 radical (unpaired) electrons. The molecule has 38 heavy (non-hydrogen) atoms. The van der Waals surface area contributed by atoms with Gasteiger partial charge in [0.05, 0.1) is 12.7 Å².